The molecule has 10 nitrogen and oxygen atoms in total. The summed E-state index contributed by atoms with van der Waals surface area (Å²) in [6.45, 7) is 0. The van der Waals surface area contributed by atoms with Gasteiger partial charge in [-0.2, -0.15) is 0 Å². The molecule has 4 amide bonds. The van der Waals surface area contributed by atoms with Crippen LogP contribution in [0.4, 0.5) is 5.69 Å². The van der Waals surface area contributed by atoms with Crippen molar-refractivity contribution in [3.63, 3.8) is 0 Å². The van der Waals surface area contributed by atoms with Crippen molar-refractivity contribution in [3.05, 3.63) is 24.3 Å². The van der Waals surface area contributed by atoms with Crippen LogP contribution in [0.25, 0.3) is 0 Å². The SMILES string of the molecule is CN(C(=O)C(N)=O)S(=O)(=O)c1ccc(NC(=O)C(N)=O)cc1. The Balaban J connectivity index is 3.03. The Morgan fingerprint density at radius 3 is 1.91 bits per heavy atom. The van der Waals surface area contributed by atoms with Crippen LogP contribution in [0.15, 0.2) is 29.2 Å². The summed E-state index contributed by atoms with van der Waals surface area (Å²) in [4.78, 5) is 43.4. The number of likely N-dealkylation sites (N-methyl/N-ethyl adjacent to an activating group) is 1. The van der Waals surface area contributed by atoms with Gasteiger partial charge in [0.1, 0.15) is 0 Å². The highest BCUT2D eigenvalue weighted by molar-refractivity contribution is 7.89. The first-order chi connectivity index (χ1) is 10.1. The third-order valence-corrected chi connectivity index (χ3v) is 4.25. The van der Waals surface area contributed by atoms with E-state index in [-0.39, 0.29) is 14.9 Å². The van der Waals surface area contributed by atoms with Gasteiger partial charge in [-0.3, -0.25) is 19.2 Å². The summed E-state index contributed by atoms with van der Waals surface area (Å²) >= 11 is 0. The van der Waals surface area contributed by atoms with Gasteiger partial charge in [0.25, 0.3) is 10.0 Å². The van der Waals surface area contributed by atoms with Crippen molar-refractivity contribution in [1.82, 2.24) is 4.31 Å². The lowest BCUT2D eigenvalue weighted by atomic mass is 10.3. The van der Waals surface area contributed by atoms with Gasteiger partial charge in [0.2, 0.25) is 0 Å². The zero-order chi connectivity index (χ0) is 17.1. The van der Waals surface area contributed by atoms with Crippen molar-refractivity contribution in [2.24, 2.45) is 11.5 Å². The Hall–Kier alpha value is -2.95. The number of sulfonamides is 1. The molecule has 118 valence electrons. The lowest BCUT2D eigenvalue weighted by Crippen LogP contribution is -2.41. The second kappa shape index (κ2) is 6.22. The first-order valence-electron chi connectivity index (χ1n) is 5.61. The minimum absolute atomic E-state index is 0.117. The Morgan fingerprint density at radius 1 is 1.00 bits per heavy atom. The maximum Gasteiger partial charge on any atom is 0.325 e. The van der Waals surface area contributed by atoms with Crippen LogP contribution in [0.1, 0.15) is 0 Å². The van der Waals surface area contributed by atoms with E-state index in [1.165, 1.54) is 12.1 Å². The molecule has 0 radical (unpaired) electrons. The molecule has 0 bridgehead atoms. The highest BCUT2D eigenvalue weighted by atomic mass is 32.2. The van der Waals surface area contributed by atoms with Crippen LogP contribution in [-0.4, -0.2) is 43.4 Å². The van der Waals surface area contributed by atoms with Gasteiger partial charge >= 0.3 is 23.6 Å². The number of amides is 4. The quantitative estimate of drug-likeness (QED) is 0.529. The minimum atomic E-state index is -4.27. The summed E-state index contributed by atoms with van der Waals surface area (Å²) in [5.41, 5.74) is 9.60. The number of primary amides is 2. The molecule has 1 aromatic carbocycles. The highest BCUT2D eigenvalue weighted by Crippen LogP contribution is 2.17. The van der Waals surface area contributed by atoms with Gasteiger partial charge in [-0.05, 0) is 24.3 Å². The van der Waals surface area contributed by atoms with E-state index in [1.54, 1.807) is 0 Å². The molecule has 0 aliphatic rings. The summed E-state index contributed by atoms with van der Waals surface area (Å²) in [7, 11) is -3.39. The van der Waals surface area contributed by atoms with Gasteiger partial charge in [0, 0.05) is 12.7 Å². The number of nitrogens with one attached hydrogen (secondary N) is 1. The van der Waals surface area contributed by atoms with Crippen LogP contribution in [0.2, 0.25) is 0 Å². The molecule has 0 saturated carbocycles. The third kappa shape index (κ3) is 3.58. The number of benzene rings is 1. The van der Waals surface area contributed by atoms with E-state index in [1.807, 2.05) is 0 Å². The molecule has 0 unspecified atom stereocenters. The van der Waals surface area contributed by atoms with Crippen LogP contribution in [-0.2, 0) is 29.2 Å². The first-order valence-corrected chi connectivity index (χ1v) is 7.05. The van der Waals surface area contributed by atoms with E-state index >= 15 is 0 Å². The zero-order valence-electron chi connectivity index (χ0n) is 11.3. The van der Waals surface area contributed by atoms with Gasteiger partial charge in [-0.15, -0.1) is 0 Å². The molecule has 0 aliphatic carbocycles. The molecule has 0 saturated heterocycles. The van der Waals surface area contributed by atoms with Gasteiger partial charge in [-0.1, -0.05) is 0 Å². The van der Waals surface area contributed by atoms with E-state index in [0.717, 1.165) is 19.2 Å². The lowest BCUT2D eigenvalue weighted by molar-refractivity contribution is -0.140. The van der Waals surface area contributed by atoms with Crippen LogP contribution >= 0.6 is 0 Å². The number of nitrogens with zero attached hydrogens (tertiary/aromatic N) is 1. The molecule has 0 fully saturated rings. The summed E-state index contributed by atoms with van der Waals surface area (Å²) in [5, 5.41) is 2.13. The Morgan fingerprint density at radius 2 is 1.50 bits per heavy atom. The van der Waals surface area contributed by atoms with E-state index in [0.29, 0.717) is 0 Å². The van der Waals surface area contributed by atoms with E-state index < -0.39 is 33.7 Å². The average Bonchev–Trinajstić information content (AvgIpc) is 2.45. The molecule has 0 aromatic heterocycles. The number of hydrogen-bond donors (Lipinski definition) is 3. The van der Waals surface area contributed by atoms with Gasteiger partial charge in [-0.25, -0.2) is 12.7 Å². The maximum atomic E-state index is 12.1. The predicted molar refractivity (Wildman–Crippen MR) is 73.4 cm³/mol. The second-order valence-electron chi connectivity index (χ2n) is 3.98. The number of carbonyl (C=O) groups excluding carboxylic acids is 4. The van der Waals surface area contributed by atoms with Crippen LogP contribution in [0.5, 0.6) is 0 Å². The molecular formula is C11H12N4O6S. The van der Waals surface area contributed by atoms with Crippen molar-refractivity contribution in [2.75, 3.05) is 12.4 Å². The highest BCUT2D eigenvalue weighted by Gasteiger charge is 2.28. The molecule has 1 rings (SSSR count). The molecule has 1 aromatic rings. The molecule has 22 heavy (non-hydrogen) atoms. The zero-order valence-corrected chi connectivity index (χ0v) is 12.1. The molecule has 0 spiro atoms. The second-order valence-corrected chi connectivity index (χ2v) is 5.95. The van der Waals surface area contributed by atoms with Crippen LogP contribution < -0.4 is 16.8 Å². The molecule has 5 N–H and O–H groups in total. The maximum absolute atomic E-state index is 12.1. The molecular weight excluding hydrogens is 316 g/mol. The normalized spacial score (nSPS) is 10.6. The fourth-order valence-corrected chi connectivity index (χ4v) is 2.43. The summed E-state index contributed by atoms with van der Waals surface area (Å²) in [6, 6.07) is 4.49. The standard InChI is InChI=1S/C11H12N4O6S/c1-15(11(19)9(13)17)22(20,21)7-4-2-6(3-5-7)14-10(18)8(12)16/h2-5H,1H3,(H2,12,16)(H2,13,17)(H,14,18). The summed E-state index contributed by atoms with van der Waals surface area (Å²) in [6.07, 6.45) is 0. The van der Waals surface area contributed by atoms with Crippen molar-refractivity contribution >= 4 is 39.3 Å². The largest absolute Gasteiger partial charge is 0.361 e. The van der Waals surface area contributed by atoms with Gasteiger partial charge < -0.3 is 16.8 Å². The smallest absolute Gasteiger partial charge is 0.325 e. The fraction of sp³-hybridized carbons (Fsp3) is 0.0909. The van der Waals surface area contributed by atoms with E-state index in [2.05, 4.69) is 5.32 Å². The molecule has 11 heteroatoms. The van der Waals surface area contributed by atoms with Crippen molar-refractivity contribution in [2.45, 2.75) is 4.90 Å². The third-order valence-electron chi connectivity index (χ3n) is 2.49. The Kier molecular flexibility index (Phi) is 4.83. The average molecular weight is 328 g/mol. The molecule has 0 heterocycles. The topological polar surface area (TPSA) is 170 Å². The molecule has 0 atom stereocenters. The number of nitrogens with two attached hydrogens (primary N) is 2. The van der Waals surface area contributed by atoms with Gasteiger partial charge in [0.05, 0.1) is 4.90 Å². The number of hydrogen-bond acceptors (Lipinski definition) is 6. The van der Waals surface area contributed by atoms with Gasteiger partial charge in [0.15, 0.2) is 0 Å². The number of rotatable bonds is 3. The van der Waals surface area contributed by atoms with Crippen molar-refractivity contribution in [1.29, 1.82) is 0 Å². The van der Waals surface area contributed by atoms with E-state index in [4.69, 9.17) is 11.5 Å². The van der Waals surface area contributed by atoms with Crippen molar-refractivity contribution in [3.8, 4) is 0 Å². The fourth-order valence-electron chi connectivity index (χ4n) is 1.33. The predicted octanol–water partition coefficient (Wildman–Crippen LogP) is -2.26. The molecule has 0 aliphatic heterocycles. The lowest BCUT2D eigenvalue weighted by Gasteiger charge is -2.15. The van der Waals surface area contributed by atoms with Crippen molar-refractivity contribution < 1.29 is 27.6 Å². The minimum Gasteiger partial charge on any atom is -0.361 e. The monoisotopic (exact) mass is 328 g/mol. The number of carbonyl (C=O) groups is 4. The Labute approximate surface area is 125 Å². The van der Waals surface area contributed by atoms with E-state index in [9.17, 15) is 27.6 Å². The van der Waals surface area contributed by atoms with Crippen LogP contribution in [0, 0.1) is 0 Å². The number of anilines is 1. The first kappa shape index (κ1) is 17.1. The Bertz CT molecular complexity index is 740. The van der Waals surface area contributed by atoms with Crippen LogP contribution in [0.3, 0.4) is 0 Å². The summed E-state index contributed by atoms with van der Waals surface area (Å²) in [5.74, 6) is -5.09. The summed E-state index contributed by atoms with van der Waals surface area (Å²) < 4.78 is 24.3.